The highest BCUT2D eigenvalue weighted by atomic mass is 32.2. The fourth-order valence-corrected chi connectivity index (χ4v) is 3.49. The lowest BCUT2D eigenvalue weighted by atomic mass is 10.0. The van der Waals surface area contributed by atoms with E-state index in [0.717, 1.165) is 23.4 Å². The van der Waals surface area contributed by atoms with Gasteiger partial charge in [0.15, 0.2) is 0 Å². The van der Waals surface area contributed by atoms with Gasteiger partial charge >= 0.3 is 0 Å². The van der Waals surface area contributed by atoms with Crippen molar-refractivity contribution >= 4 is 17.7 Å². The van der Waals surface area contributed by atoms with Gasteiger partial charge < -0.3 is 10.1 Å². The number of nitrogens with one attached hydrogen (secondary N) is 1. The number of amides is 1. The minimum absolute atomic E-state index is 0.0112. The van der Waals surface area contributed by atoms with Gasteiger partial charge in [0, 0.05) is 12.0 Å². The number of hydrogen-bond acceptors (Lipinski definition) is 5. The molecule has 1 N–H and O–H groups in total. The maximum atomic E-state index is 12.3. The fourth-order valence-electron chi connectivity index (χ4n) is 2.88. The third kappa shape index (κ3) is 3.72. The normalized spacial score (nSPS) is 15.8. The highest BCUT2D eigenvalue weighted by molar-refractivity contribution is 7.99. The zero-order valence-electron chi connectivity index (χ0n) is 14.0. The lowest BCUT2D eigenvalue weighted by Crippen LogP contribution is -2.33. The van der Waals surface area contributed by atoms with E-state index in [4.69, 9.17) is 4.74 Å². The Labute approximate surface area is 155 Å². The summed E-state index contributed by atoms with van der Waals surface area (Å²) < 4.78 is 7.33. The van der Waals surface area contributed by atoms with E-state index in [9.17, 15) is 4.79 Å². The van der Waals surface area contributed by atoms with Crippen molar-refractivity contribution < 1.29 is 9.53 Å². The Balaban J connectivity index is 1.35. The van der Waals surface area contributed by atoms with E-state index in [2.05, 4.69) is 15.4 Å². The molecule has 0 aliphatic carbocycles. The SMILES string of the molecule is O=C(CSc1ncn(-c2ccccc2)n1)NC1CCOc2ccccc21. The van der Waals surface area contributed by atoms with Gasteiger partial charge in [-0.05, 0) is 18.2 Å². The second-order valence-electron chi connectivity index (χ2n) is 5.89. The van der Waals surface area contributed by atoms with Crippen LogP contribution in [0, 0.1) is 0 Å². The number of thioether (sulfide) groups is 1. The molecule has 0 radical (unpaired) electrons. The highest BCUT2D eigenvalue weighted by Gasteiger charge is 2.22. The molecule has 1 aromatic heterocycles. The summed E-state index contributed by atoms with van der Waals surface area (Å²) in [5, 5.41) is 8.07. The number of rotatable bonds is 5. The van der Waals surface area contributed by atoms with E-state index in [1.165, 1.54) is 11.8 Å². The monoisotopic (exact) mass is 366 g/mol. The molecule has 0 spiro atoms. The van der Waals surface area contributed by atoms with E-state index in [1.807, 2.05) is 54.6 Å². The highest BCUT2D eigenvalue weighted by Crippen LogP contribution is 2.31. The molecule has 1 aliphatic heterocycles. The Morgan fingerprint density at radius 3 is 2.88 bits per heavy atom. The van der Waals surface area contributed by atoms with Crippen LogP contribution in [0.15, 0.2) is 66.1 Å². The molecular formula is C19H18N4O2S. The van der Waals surface area contributed by atoms with Gasteiger partial charge in [0.05, 0.1) is 24.1 Å². The number of hydrogen-bond donors (Lipinski definition) is 1. The number of ether oxygens (including phenoxy) is 1. The average molecular weight is 366 g/mol. The number of fused-ring (bicyclic) bond motifs is 1. The summed E-state index contributed by atoms with van der Waals surface area (Å²) in [4.78, 5) is 16.6. The zero-order valence-corrected chi connectivity index (χ0v) is 14.9. The number of carbonyl (C=O) groups is 1. The van der Waals surface area contributed by atoms with Crippen LogP contribution in [0.4, 0.5) is 0 Å². The van der Waals surface area contributed by atoms with Crippen LogP contribution in [0.2, 0.25) is 0 Å². The molecule has 3 aromatic rings. The van der Waals surface area contributed by atoms with E-state index >= 15 is 0 Å². The van der Waals surface area contributed by atoms with Gasteiger partial charge in [-0.25, -0.2) is 9.67 Å². The van der Waals surface area contributed by atoms with Crippen LogP contribution in [0.1, 0.15) is 18.0 Å². The molecular weight excluding hydrogens is 348 g/mol. The minimum Gasteiger partial charge on any atom is -0.493 e. The van der Waals surface area contributed by atoms with Crippen LogP contribution in [-0.2, 0) is 4.79 Å². The third-order valence-electron chi connectivity index (χ3n) is 4.12. The molecule has 2 aromatic carbocycles. The summed E-state index contributed by atoms with van der Waals surface area (Å²) in [5.74, 6) is 1.09. The lowest BCUT2D eigenvalue weighted by molar-refractivity contribution is -0.119. The van der Waals surface area contributed by atoms with Crippen LogP contribution in [0.25, 0.3) is 5.69 Å². The smallest absolute Gasteiger partial charge is 0.230 e. The molecule has 2 heterocycles. The molecule has 1 atom stereocenters. The first-order chi connectivity index (χ1) is 12.8. The number of carbonyl (C=O) groups excluding carboxylic acids is 1. The Bertz CT molecular complexity index is 897. The molecule has 7 heteroatoms. The van der Waals surface area contributed by atoms with Crippen LogP contribution in [0.5, 0.6) is 5.75 Å². The van der Waals surface area contributed by atoms with Crippen LogP contribution in [0.3, 0.4) is 0 Å². The van der Waals surface area contributed by atoms with Crippen LogP contribution < -0.4 is 10.1 Å². The minimum atomic E-state index is -0.0345. The van der Waals surface area contributed by atoms with E-state index < -0.39 is 0 Å². The summed E-state index contributed by atoms with van der Waals surface area (Å²) in [5.41, 5.74) is 1.97. The van der Waals surface area contributed by atoms with Crippen molar-refractivity contribution in [2.75, 3.05) is 12.4 Å². The fraction of sp³-hybridized carbons (Fsp3) is 0.211. The quantitative estimate of drug-likeness (QED) is 0.703. The van der Waals surface area contributed by atoms with E-state index in [0.29, 0.717) is 11.8 Å². The van der Waals surface area contributed by atoms with Crippen molar-refractivity contribution in [2.45, 2.75) is 17.6 Å². The largest absolute Gasteiger partial charge is 0.493 e. The molecule has 4 rings (SSSR count). The van der Waals surface area contributed by atoms with Gasteiger partial charge in [0.2, 0.25) is 11.1 Å². The van der Waals surface area contributed by atoms with Gasteiger partial charge in [0.1, 0.15) is 12.1 Å². The standard InChI is InChI=1S/C19H18N4O2S/c24-18(21-16-10-11-25-17-9-5-4-8-15(16)17)12-26-19-20-13-23(22-19)14-6-2-1-3-7-14/h1-9,13,16H,10-12H2,(H,21,24). The van der Waals surface area contributed by atoms with Crippen molar-refractivity contribution in [3.8, 4) is 11.4 Å². The number of aromatic nitrogens is 3. The molecule has 6 nitrogen and oxygen atoms in total. The molecule has 26 heavy (non-hydrogen) atoms. The molecule has 0 fully saturated rings. The first-order valence-corrected chi connectivity index (χ1v) is 9.39. The molecule has 0 saturated heterocycles. The lowest BCUT2D eigenvalue weighted by Gasteiger charge is -2.26. The molecule has 0 saturated carbocycles. The van der Waals surface area contributed by atoms with Crippen molar-refractivity contribution in [3.63, 3.8) is 0 Å². The molecule has 0 bridgehead atoms. The summed E-state index contributed by atoms with van der Waals surface area (Å²) in [7, 11) is 0. The average Bonchev–Trinajstić information content (AvgIpc) is 3.17. The second kappa shape index (κ2) is 7.61. The first kappa shape index (κ1) is 16.7. The summed E-state index contributed by atoms with van der Waals surface area (Å²) in [6.45, 7) is 0.609. The van der Waals surface area contributed by atoms with Gasteiger partial charge in [-0.3, -0.25) is 4.79 Å². The number of para-hydroxylation sites is 2. The Morgan fingerprint density at radius 2 is 2.00 bits per heavy atom. The predicted molar refractivity (Wildman–Crippen MR) is 99.5 cm³/mol. The first-order valence-electron chi connectivity index (χ1n) is 8.40. The Morgan fingerprint density at radius 1 is 1.19 bits per heavy atom. The van der Waals surface area contributed by atoms with Crippen LogP contribution in [-0.4, -0.2) is 33.0 Å². The van der Waals surface area contributed by atoms with Gasteiger partial charge in [0.25, 0.3) is 0 Å². The summed E-state index contributed by atoms with van der Waals surface area (Å²) in [6, 6.07) is 17.6. The molecule has 1 unspecified atom stereocenters. The van der Waals surface area contributed by atoms with Crippen molar-refractivity contribution in [2.24, 2.45) is 0 Å². The zero-order chi connectivity index (χ0) is 17.8. The summed E-state index contributed by atoms with van der Waals surface area (Å²) >= 11 is 1.33. The Hall–Kier alpha value is -2.80. The van der Waals surface area contributed by atoms with Crippen LogP contribution >= 0.6 is 11.8 Å². The molecule has 1 aliphatic rings. The third-order valence-corrected chi connectivity index (χ3v) is 4.97. The van der Waals surface area contributed by atoms with Crippen molar-refractivity contribution in [1.29, 1.82) is 0 Å². The number of nitrogens with zero attached hydrogens (tertiary/aromatic N) is 3. The van der Waals surface area contributed by atoms with Gasteiger partial charge in [-0.2, -0.15) is 0 Å². The van der Waals surface area contributed by atoms with Crippen molar-refractivity contribution in [1.82, 2.24) is 20.1 Å². The summed E-state index contributed by atoms with van der Waals surface area (Å²) in [6.07, 6.45) is 2.43. The maximum absolute atomic E-state index is 12.3. The molecule has 1 amide bonds. The van der Waals surface area contributed by atoms with E-state index in [1.54, 1.807) is 11.0 Å². The van der Waals surface area contributed by atoms with Crippen molar-refractivity contribution in [3.05, 3.63) is 66.5 Å². The topological polar surface area (TPSA) is 69.0 Å². The number of benzene rings is 2. The Kier molecular flexibility index (Phi) is 4.88. The molecule has 132 valence electrons. The van der Waals surface area contributed by atoms with Gasteiger partial charge in [-0.1, -0.05) is 48.2 Å². The maximum Gasteiger partial charge on any atom is 0.230 e. The second-order valence-corrected chi connectivity index (χ2v) is 6.83. The van der Waals surface area contributed by atoms with Gasteiger partial charge in [-0.15, -0.1) is 5.10 Å². The van der Waals surface area contributed by atoms with E-state index in [-0.39, 0.29) is 17.7 Å². The predicted octanol–water partition coefficient (Wildman–Crippen LogP) is 3.00.